The van der Waals surface area contributed by atoms with E-state index in [4.69, 9.17) is 56.3 Å². The molecule has 266 valence electrons. The maximum absolute atomic E-state index is 15.0. The zero-order valence-electron chi connectivity index (χ0n) is 29.3. The Morgan fingerprint density at radius 1 is 1.04 bits per heavy atom. The van der Waals surface area contributed by atoms with E-state index in [-0.39, 0.29) is 34.1 Å². The summed E-state index contributed by atoms with van der Waals surface area (Å²) < 4.78 is 56.5. The standard InChI is InChI=1S/C31H48ClFN5O6PSSi2/c1-30(2,3)47(7,8)43-25-22(16-40-45(46)39-15-14-21(42-45)19-12-11-13-20(32)23(19)33)41-29(26(25)44-48(9,10)31(4,5)6)38-18-37-24-27(34)35-17-36-28(24)38/h11-13,17-18,21-22,25-26,29H,14-16H2,1-10H3,(H2,34,35,36)/t21?,22-,25-,26-,29-,45?/m1/s1. The number of nitrogens with two attached hydrogens (primary N) is 1. The lowest BCUT2D eigenvalue weighted by atomic mass is 10.1. The average Bonchev–Trinajstić information content (AvgIpc) is 3.54. The molecule has 2 aromatic heterocycles. The van der Waals surface area contributed by atoms with Gasteiger partial charge >= 0.3 is 6.72 Å². The van der Waals surface area contributed by atoms with Crippen LogP contribution in [0, 0.1) is 5.82 Å². The van der Waals surface area contributed by atoms with Crippen molar-refractivity contribution < 1.29 is 31.6 Å². The molecule has 0 amide bonds. The summed E-state index contributed by atoms with van der Waals surface area (Å²) in [4.78, 5) is 13.1. The van der Waals surface area contributed by atoms with Crippen molar-refractivity contribution in [3.05, 3.63) is 47.3 Å². The Kier molecular flexibility index (Phi) is 10.8. The Morgan fingerprint density at radius 3 is 2.33 bits per heavy atom. The first-order valence-corrected chi connectivity index (χ1v) is 24.8. The van der Waals surface area contributed by atoms with Crippen molar-refractivity contribution in [1.29, 1.82) is 0 Å². The van der Waals surface area contributed by atoms with E-state index in [9.17, 15) is 4.39 Å². The van der Waals surface area contributed by atoms with Gasteiger partial charge in [-0.2, -0.15) is 0 Å². The van der Waals surface area contributed by atoms with Gasteiger partial charge in [0.25, 0.3) is 0 Å². The molecule has 0 radical (unpaired) electrons. The minimum Gasteiger partial charge on any atom is -0.408 e. The highest BCUT2D eigenvalue weighted by Gasteiger charge is 2.55. The minimum atomic E-state index is -3.33. The molecule has 3 aromatic rings. The lowest BCUT2D eigenvalue weighted by Gasteiger charge is -2.44. The van der Waals surface area contributed by atoms with Gasteiger partial charge in [0.2, 0.25) is 0 Å². The largest absolute Gasteiger partial charge is 0.408 e. The van der Waals surface area contributed by atoms with E-state index in [2.05, 4.69) is 82.7 Å². The third kappa shape index (κ3) is 7.62. The minimum absolute atomic E-state index is 0.0136. The van der Waals surface area contributed by atoms with Gasteiger partial charge in [-0.15, -0.1) is 0 Å². The summed E-state index contributed by atoms with van der Waals surface area (Å²) in [5, 5.41) is -0.209. The maximum Gasteiger partial charge on any atom is 0.327 e. The van der Waals surface area contributed by atoms with Crippen LogP contribution in [0.3, 0.4) is 0 Å². The van der Waals surface area contributed by atoms with Gasteiger partial charge < -0.3 is 32.9 Å². The van der Waals surface area contributed by atoms with E-state index in [0.717, 1.165) is 0 Å². The van der Waals surface area contributed by atoms with Gasteiger partial charge in [-0.1, -0.05) is 65.3 Å². The molecular formula is C31H48ClFN5O6PSSi2. The fourth-order valence-electron chi connectivity index (χ4n) is 5.15. The maximum atomic E-state index is 15.0. The Bertz CT molecular complexity index is 1690. The van der Waals surface area contributed by atoms with E-state index < -0.39 is 59.8 Å². The van der Waals surface area contributed by atoms with Gasteiger partial charge in [0.15, 0.2) is 34.3 Å². The highest BCUT2D eigenvalue weighted by atomic mass is 35.5. The van der Waals surface area contributed by atoms with Gasteiger partial charge in [0.1, 0.15) is 36.0 Å². The second kappa shape index (κ2) is 13.6. The Hall–Kier alpha value is -1.37. The van der Waals surface area contributed by atoms with Gasteiger partial charge in [0.05, 0.1) is 30.7 Å². The molecule has 11 nitrogen and oxygen atoms in total. The van der Waals surface area contributed by atoms with Crippen molar-refractivity contribution in [3.8, 4) is 0 Å². The number of ether oxygens (including phenoxy) is 1. The van der Waals surface area contributed by atoms with Crippen LogP contribution in [-0.2, 0) is 39.0 Å². The number of anilines is 1. The summed E-state index contributed by atoms with van der Waals surface area (Å²) in [6.45, 7) is 18.8. The van der Waals surface area contributed by atoms with Crippen LogP contribution < -0.4 is 5.73 Å². The molecule has 2 fully saturated rings. The SMILES string of the molecule is CC(C)(C)[Si](C)(C)O[C@@H]1[C@H](O[Si](C)(C)C(C)(C)C)[C@@H](COP2(=S)OCCC(c3cccc(Cl)c3F)O2)O[C@H]1n1cnc2c(N)ncnc21. The number of imidazole rings is 1. The molecule has 0 spiro atoms. The Morgan fingerprint density at radius 2 is 1.69 bits per heavy atom. The first-order chi connectivity index (χ1) is 22.1. The quantitative estimate of drug-likeness (QED) is 0.167. The van der Waals surface area contributed by atoms with E-state index in [1.165, 1.54) is 12.4 Å². The predicted molar refractivity (Wildman–Crippen MR) is 194 cm³/mol. The molecule has 0 bridgehead atoms. The molecule has 48 heavy (non-hydrogen) atoms. The van der Waals surface area contributed by atoms with E-state index in [1.807, 2.05) is 4.57 Å². The molecule has 0 aliphatic carbocycles. The third-order valence-corrected chi connectivity index (χ3v) is 21.6. The molecule has 2 N–H and O–H groups in total. The smallest absolute Gasteiger partial charge is 0.327 e. The molecule has 1 aromatic carbocycles. The number of hydrogen-bond acceptors (Lipinski definition) is 11. The number of nitrogens with zero attached hydrogens (tertiary/aromatic N) is 4. The third-order valence-electron chi connectivity index (χ3n) is 10.0. The number of nitrogen functional groups attached to an aromatic ring is 1. The number of halogens is 2. The first kappa shape index (κ1) is 37.9. The summed E-state index contributed by atoms with van der Waals surface area (Å²) in [7, 11) is -4.82. The zero-order chi connectivity index (χ0) is 35.4. The van der Waals surface area contributed by atoms with Crippen molar-refractivity contribution >= 4 is 63.7 Å². The van der Waals surface area contributed by atoms with Crippen molar-refractivity contribution in [3.63, 3.8) is 0 Å². The number of aromatic nitrogens is 4. The highest BCUT2D eigenvalue weighted by molar-refractivity contribution is 8.07. The molecule has 17 heteroatoms. The lowest BCUT2D eigenvalue weighted by Crippen LogP contribution is -2.54. The van der Waals surface area contributed by atoms with Gasteiger partial charge in [-0.3, -0.25) is 4.57 Å². The van der Waals surface area contributed by atoms with Crippen molar-refractivity contribution in [2.24, 2.45) is 0 Å². The normalized spacial score (nSPS) is 27.5. The molecule has 4 heterocycles. The van der Waals surface area contributed by atoms with Crippen molar-refractivity contribution in [1.82, 2.24) is 19.5 Å². The fraction of sp³-hybridized carbons (Fsp3) is 0.645. The van der Waals surface area contributed by atoms with Crippen molar-refractivity contribution in [2.45, 2.75) is 115 Å². The summed E-state index contributed by atoms with van der Waals surface area (Å²) >= 11 is 11.9. The van der Waals surface area contributed by atoms with Crippen LogP contribution in [0.1, 0.15) is 65.9 Å². The monoisotopic (exact) mass is 759 g/mol. The molecular weight excluding hydrogens is 712 g/mol. The van der Waals surface area contributed by atoms with Crippen LogP contribution in [0.4, 0.5) is 10.2 Å². The topological polar surface area (TPSA) is 125 Å². The lowest BCUT2D eigenvalue weighted by molar-refractivity contribution is -0.0515. The molecule has 2 aliphatic heterocycles. The average molecular weight is 760 g/mol. The van der Waals surface area contributed by atoms with E-state index in [0.29, 0.717) is 23.1 Å². The van der Waals surface area contributed by atoms with Crippen LogP contribution in [0.5, 0.6) is 0 Å². The van der Waals surface area contributed by atoms with Gasteiger partial charge in [0, 0.05) is 12.0 Å². The Balaban J connectivity index is 1.52. The summed E-state index contributed by atoms with van der Waals surface area (Å²) in [6.07, 6.45) is 0.316. The van der Waals surface area contributed by atoms with Crippen LogP contribution in [-0.4, -0.2) is 67.7 Å². The number of rotatable bonds is 9. The van der Waals surface area contributed by atoms with Crippen molar-refractivity contribution in [2.75, 3.05) is 18.9 Å². The highest BCUT2D eigenvalue weighted by Crippen LogP contribution is 2.58. The van der Waals surface area contributed by atoms with Crippen LogP contribution in [0.15, 0.2) is 30.9 Å². The van der Waals surface area contributed by atoms with Gasteiger partial charge in [-0.05, 0) is 54.1 Å². The summed E-state index contributed by atoms with van der Waals surface area (Å²) in [6, 6.07) is 4.81. The summed E-state index contributed by atoms with van der Waals surface area (Å²) in [5.41, 5.74) is 7.46. The fourth-order valence-corrected chi connectivity index (χ4v) is 10.0. The summed E-state index contributed by atoms with van der Waals surface area (Å²) in [5.74, 6) is -0.275. The molecule has 5 rings (SSSR count). The van der Waals surface area contributed by atoms with Crippen LogP contribution >= 0.6 is 18.3 Å². The molecule has 6 atom stereocenters. The molecule has 2 aliphatic rings. The second-order valence-electron chi connectivity index (χ2n) is 15.4. The second-order valence-corrected chi connectivity index (χ2v) is 28.3. The number of benzene rings is 1. The molecule has 2 unspecified atom stereocenters. The molecule has 2 saturated heterocycles. The zero-order valence-corrected chi connectivity index (χ0v) is 33.8. The van der Waals surface area contributed by atoms with Gasteiger partial charge in [-0.25, -0.2) is 19.3 Å². The number of hydrogen-bond donors (Lipinski definition) is 1. The predicted octanol–water partition coefficient (Wildman–Crippen LogP) is 8.30. The molecule has 0 saturated carbocycles. The Labute approximate surface area is 294 Å². The van der Waals surface area contributed by atoms with Crippen LogP contribution in [0.25, 0.3) is 11.2 Å². The van der Waals surface area contributed by atoms with Crippen LogP contribution in [0.2, 0.25) is 41.3 Å². The first-order valence-electron chi connectivity index (χ1n) is 16.1. The van der Waals surface area contributed by atoms with E-state index in [1.54, 1.807) is 18.5 Å². The van der Waals surface area contributed by atoms with E-state index >= 15 is 0 Å². The number of fused-ring (bicyclic) bond motifs is 1.